The van der Waals surface area contributed by atoms with Crippen LogP contribution in [0.3, 0.4) is 0 Å². The molecule has 2 N–H and O–H groups in total. The topological polar surface area (TPSA) is 65.2 Å². The van der Waals surface area contributed by atoms with Gasteiger partial charge in [-0.1, -0.05) is 170 Å². The van der Waals surface area contributed by atoms with Crippen LogP contribution < -0.4 is 0 Å². The molecule has 0 aromatic heterocycles. The molecule has 10 rings (SSSR count). The van der Waals surface area contributed by atoms with Crippen LogP contribution in [0.5, 0.6) is 11.5 Å². The number of phenols is 2. The van der Waals surface area contributed by atoms with Gasteiger partial charge in [0.05, 0.1) is 11.4 Å². The summed E-state index contributed by atoms with van der Waals surface area (Å²) in [5.74, 6) is 0.369. The third kappa shape index (κ3) is 6.14. The molecule has 0 aliphatic rings. The third-order valence-electron chi connectivity index (χ3n) is 11.0. The minimum Gasteiger partial charge on any atom is -0.507 e. The fourth-order valence-electron chi connectivity index (χ4n) is 8.22. The van der Waals surface area contributed by atoms with Crippen LogP contribution in [0.4, 0.5) is 11.4 Å². The molecule has 0 spiro atoms. The maximum atomic E-state index is 11.8. The molecule has 0 saturated carbocycles. The van der Waals surface area contributed by atoms with Crippen molar-refractivity contribution in [2.75, 3.05) is 0 Å². The Balaban J connectivity index is 1.14. The molecule has 58 heavy (non-hydrogen) atoms. The number of hydrogen-bond acceptors (Lipinski definition) is 4. The van der Waals surface area contributed by atoms with Crippen LogP contribution in [0.1, 0.15) is 11.1 Å². The van der Waals surface area contributed by atoms with E-state index in [0.29, 0.717) is 11.1 Å². The van der Waals surface area contributed by atoms with Gasteiger partial charge in [-0.2, -0.15) is 0 Å². The van der Waals surface area contributed by atoms with Gasteiger partial charge in [-0.15, -0.1) is 0 Å². The molecule has 0 aliphatic carbocycles. The summed E-state index contributed by atoms with van der Waals surface area (Å²) in [5, 5.41) is 31.3. The zero-order valence-corrected chi connectivity index (χ0v) is 31.4. The summed E-state index contributed by atoms with van der Waals surface area (Å²) < 4.78 is 0. The molecule has 10 aromatic carbocycles. The van der Waals surface area contributed by atoms with E-state index in [1.807, 2.05) is 133 Å². The lowest BCUT2D eigenvalue weighted by atomic mass is 9.91. The van der Waals surface area contributed by atoms with Gasteiger partial charge in [0.1, 0.15) is 11.5 Å². The van der Waals surface area contributed by atoms with E-state index in [2.05, 4.69) is 60.7 Å². The van der Waals surface area contributed by atoms with Crippen LogP contribution in [-0.2, 0) is 0 Å². The lowest BCUT2D eigenvalue weighted by molar-refractivity contribution is 0.480. The highest BCUT2D eigenvalue weighted by Gasteiger charge is 2.18. The first-order valence-electron chi connectivity index (χ1n) is 19.3. The van der Waals surface area contributed by atoms with E-state index in [1.54, 1.807) is 12.4 Å². The lowest BCUT2D eigenvalue weighted by Crippen LogP contribution is -1.91. The van der Waals surface area contributed by atoms with Crippen molar-refractivity contribution in [1.82, 2.24) is 0 Å². The quantitative estimate of drug-likeness (QED) is 0.160. The molecule has 0 radical (unpaired) electrons. The number of aliphatic imine (C=N–C) groups is 2. The molecular formula is C54H36N2O2. The number of fused-ring (bicyclic) bond motifs is 4. The van der Waals surface area contributed by atoms with Crippen molar-refractivity contribution in [2.24, 2.45) is 9.98 Å². The number of rotatable bonds is 7. The van der Waals surface area contributed by atoms with Crippen molar-refractivity contribution in [3.05, 3.63) is 205 Å². The standard InChI is InChI=1S/C54H36N2O2/c57-53-41(27-25-39-19-11-23-43(49(39)53)35-13-3-1-4-14-35)33-55-47-31-29-37-17-7-9-21-45(37)51(47)52-46-22-10-8-18-38(46)30-32-48(52)56-34-42-28-26-40-20-12-24-44(50(40)54(42)58)36-15-5-2-6-16-36/h1-34,57-58H. The molecule has 4 nitrogen and oxygen atoms in total. The van der Waals surface area contributed by atoms with Crippen molar-refractivity contribution < 1.29 is 10.2 Å². The average molecular weight is 745 g/mol. The fourth-order valence-corrected chi connectivity index (χ4v) is 8.22. The maximum absolute atomic E-state index is 11.8. The highest BCUT2D eigenvalue weighted by atomic mass is 16.3. The maximum Gasteiger partial charge on any atom is 0.132 e. The van der Waals surface area contributed by atoms with Crippen molar-refractivity contribution in [3.8, 4) is 44.9 Å². The smallest absolute Gasteiger partial charge is 0.132 e. The van der Waals surface area contributed by atoms with Crippen molar-refractivity contribution >= 4 is 66.9 Å². The van der Waals surface area contributed by atoms with E-state index < -0.39 is 0 Å². The highest BCUT2D eigenvalue weighted by Crippen LogP contribution is 2.46. The molecule has 0 heterocycles. The monoisotopic (exact) mass is 744 g/mol. The van der Waals surface area contributed by atoms with Gasteiger partial charge in [-0.05, 0) is 78.8 Å². The first kappa shape index (κ1) is 34.7. The SMILES string of the molecule is Oc1c(C=Nc2ccc3ccccc3c2-c2c(N=Cc3ccc4cccc(-c5ccccc5)c4c3O)ccc3ccccc23)ccc2cccc(-c3ccccc3)c12. The van der Waals surface area contributed by atoms with Crippen LogP contribution in [0.2, 0.25) is 0 Å². The van der Waals surface area contributed by atoms with E-state index in [-0.39, 0.29) is 11.5 Å². The van der Waals surface area contributed by atoms with Crippen LogP contribution in [0, 0.1) is 0 Å². The first-order chi connectivity index (χ1) is 28.6. The van der Waals surface area contributed by atoms with E-state index >= 15 is 0 Å². The summed E-state index contributed by atoms with van der Waals surface area (Å²) in [4.78, 5) is 10.3. The average Bonchev–Trinajstić information content (AvgIpc) is 3.28. The van der Waals surface area contributed by atoms with E-state index in [9.17, 15) is 10.2 Å². The molecule has 274 valence electrons. The molecule has 0 bridgehead atoms. The number of benzene rings is 10. The second-order valence-corrected chi connectivity index (χ2v) is 14.4. The summed E-state index contributed by atoms with van der Waals surface area (Å²) in [6.07, 6.45) is 3.52. The molecular weight excluding hydrogens is 709 g/mol. The minimum atomic E-state index is 0.184. The molecule has 10 aromatic rings. The molecule has 0 atom stereocenters. The molecule has 0 saturated heterocycles. The predicted molar refractivity (Wildman–Crippen MR) is 243 cm³/mol. The largest absolute Gasteiger partial charge is 0.507 e. The Bertz CT molecular complexity index is 3020. The molecule has 0 aliphatic heterocycles. The summed E-state index contributed by atoms with van der Waals surface area (Å²) in [7, 11) is 0. The van der Waals surface area contributed by atoms with Gasteiger partial charge >= 0.3 is 0 Å². The molecule has 0 unspecified atom stereocenters. The van der Waals surface area contributed by atoms with Crippen LogP contribution in [0.25, 0.3) is 76.5 Å². The predicted octanol–water partition coefficient (Wildman–Crippen LogP) is 14.2. The summed E-state index contributed by atoms with van der Waals surface area (Å²) in [6.45, 7) is 0. The van der Waals surface area contributed by atoms with Crippen molar-refractivity contribution in [2.45, 2.75) is 0 Å². The number of aromatic hydroxyl groups is 2. The minimum absolute atomic E-state index is 0.184. The van der Waals surface area contributed by atoms with Crippen LogP contribution in [-0.4, -0.2) is 22.6 Å². The van der Waals surface area contributed by atoms with Gasteiger partial charge in [-0.3, -0.25) is 9.98 Å². The van der Waals surface area contributed by atoms with Gasteiger partial charge in [0.25, 0.3) is 0 Å². The summed E-state index contributed by atoms with van der Waals surface area (Å²) in [6, 6.07) is 65.2. The second-order valence-electron chi connectivity index (χ2n) is 14.4. The van der Waals surface area contributed by atoms with E-state index in [0.717, 1.165) is 87.8 Å². The van der Waals surface area contributed by atoms with Crippen LogP contribution in [0.15, 0.2) is 204 Å². The van der Waals surface area contributed by atoms with Gasteiger partial charge in [0, 0.05) is 45.5 Å². The Hall–Kier alpha value is -7.82. The Morgan fingerprint density at radius 3 is 1.16 bits per heavy atom. The molecule has 4 heteroatoms. The summed E-state index contributed by atoms with van der Waals surface area (Å²) >= 11 is 0. The highest BCUT2D eigenvalue weighted by molar-refractivity contribution is 6.14. The molecule has 0 fully saturated rings. The van der Waals surface area contributed by atoms with Crippen molar-refractivity contribution in [3.63, 3.8) is 0 Å². The second kappa shape index (κ2) is 14.7. The van der Waals surface area contributed by atoms with E-state index in [1.165, 1.54) is 0 Å². The van der Waals surface area contributed by atoms with Gasteiger partial charge in [-0.25, -0.2) is 0 Å². The Labute approximate surface area is 336 Å². The third-order valence-corrected chi connectivity index (χ3v) is 11.0. The van der Waals surface area contributed by atoms with Gasteiger partial charge in [0.15, 0.2) is 0 Å². The zero-order valence-electron chi connectivity index (χ0n) is 31.4. The fraction of sp³-hybridized carbons (Fsp3) is 0. The Morgan fingerprint density at radius 2 is 0.707 bits per heavy atom. The molecule has 0 amide bonds. The Kier molecular flexibility index (Phi) is 8.77. The van der Waals surface area contributed by atoms with Gasteiger partial charge in [0.2, 0.25) is 0 Å². The number of nitrogens with zero attached hydrogens (tertiary/aromatic N) is 2. The van der Waals surface area contributed by atoms with Crippen molar-refractivity contribution in [1.29, 1.82) is 0 Å². The number of hydrogen-bond donors (Lipinski definition) is 2. The normalized spacial score (nSPS) is 11.8. The zero-order chi connectivity index (χ0) is 39.0. The summed E-state index contributed by atoms with van der Waals surface area (Å²) in [5.41, 5.74) is 8.56. The van der Waals surface area contributed by atoms with Crippen LogP contribution >= 0.6 is 0 Å². The lowest BCUT2D eigenvalue weighted by Gasteiger charge is -2.16. The van der Waals surface area contributed by atoms with Gasteiger partial charge < -0.3 is 10.2 Å². The van der Waals surface area contributed by atoms with E-state index in [4.69, 9.17) is 9.98 Å². The number of phenolic OH excluding ortho intramolecular Hbond substituents is 2. The Morgan fingerprint density at radius 1 is 0.328 bits per heavy atom. The first-order valence-corrected chi connectivity index (χ1v) is 19.3.